The highest BCUT2D eigenvalue weighted by atomic mass is 35.5. The van der Waals surface area contributed by atoms with E-state index in [4.69, 9.17) is 11.6 Å². The van der Waals surface area contributed by atoms with Gasteiger partial charge in [0, 0.05) is 23.0 Å². The quantitative estimate of drug-likeness (QED) is 0.854. The van der Waals surface area contributed by atoms with Crippen LogP contribution in [0.3, 0.4) is 0 Å². The number of aryl methyl sites for hydroxylation is 2. The van der Waals surface area contributed by atoms with Crippen LogP contribution in [0, 0.1) is 13.8 Å². The summed E-state index contributed by atoms with van der Waals surface area (Å²) in [5.74, 6) is 0.00124. The first kappa shape index (κ1) is 18.7. The van der Waals surface area contributed by atoms with Crippen molar-refractivity contribution in [3.05, 3.63) is 40.0 Å². The Hall–Kier alpha value is -1.65. The van der Waals surface area contributed by atoms with Crippen molar-refractivity contribution >= 4 is 28.4 Å². The van der Waals surface area contributed by atoms with Gasteiger partial charge in [-0.2, -0.15) is 0 Å². The maximum atomic E-state index is 12.0. The molecule has 2 aromatic rings. The number of aromatic nitrogens is 1. The summed E-state index contributed by atoms with van der Waals surface area (Å²) >= 11 is 6.38. The fourth-order valence-corrected chi connectivity index (χ4v) is 2.86. The van der Waals surface area contributed by atoms with Gasteiger partial charge in [0.2, 0.25) is 5.91 Å². The Labute approximate surface area is 149 Å². The number of hydrogen-bond acceptors (Lipinski definition) is 3. The van der Waals surface area contributed by atoms with Crippen LogP contribution in [0.4, 0.5) is 0 Å². The molecule has 1 amide bonds. The minimum absolute atomic E-state index is 0.00124. The van der Waals surface area contributed by atoms with Gasteiger partial charge in [-0.25, -0.2) is 4.98 Å². The zero-order valence-electron chi connectivity index (χ0n) is 15.3. The highest BCUT2D eigenvalue weighted by molar-refractivity contribution is 6.30. The second kappa shape index (κ2) is 7.08. The van der Waals surface area contributed by atoms with Crippen LogP contribution in [0.1, 0.15) is 37.5 Å². The normalized spacial score (nSPS) is 12.0. The lowest BCUT2D eigenvalue weighted by molar-refractivity contribution is -0.123. The van der Waals surface area contributed by atoms with Crippen molar-refractivity contribution in [1.29, 1.82) is 0 Å². The van der Waals surface area contributed by atoms with E-state index in [1.807, 2.05) is 32.7 Å². The largest absolute Gasteiger partial charge is 0.350 e. The van der Waals surface area contributed by atoms with Crippen molar-refractivity contribution < 1.29 is 4.79 Å². The Balaban J connectivity index is 2.16. The number of likely N-dealkylation sites (N-methyl/N-ethyl adjacent to an activating group) is 1. The molecule has 2 rings (SSSR count). The van der Waals surface area contributed by atoms with Crippen molar-refractivity contribution in [3.63, 3.8) is 0 Å². The second-order valence-corrected chi connectivity index (χ2v) is 7.85. The lowest BCUT2D eigenvalue weighted by Gasteiger charge is -2.23. The third-order valence-corrected chi connectivity index (χ3v) is 4.23. The molecule has 0 aliphatic heterocycles. The van der Waals surface area contributed by atoms with Gasteiger partial charge in [-0.15, -0.1) is 0 Å². The number of carbonyl (C=O) groups excluding carboxylic acids is 1. The predicted octanol–water partition coefficient (Wildman–Crippen LogP) is 3.85. The maximum Gasteiger partial charge on any atom is 0.234 e. The first-order chi connectivity index (χ1) is 11.1. The summed E-state index contributed by atoms with van der Waals surface area (Å²) < 4.78 is 0. The Morgan fingerprint density at radius 3 is 2.58 bits per heavy atom. The Bertz CT molecular complexity index is 765. The van der Waals surface area contributed by atoms with E-state index in [2.05, 4.69) is 42.3 Å². The second-order valence-electron chi connectivity index (χ2n) is 7.49. The van der Waals surface area contributed by atoms with Gasteiger partial charge < -0.3 is 5.32 Å². The summed E-state index contributed by atoms with van der Waals surface area (Å²) in [5.41, 5.74) is 4.00. The van der Waals surface area contributed by atoms with Gasteiger partial charge in [-0.3, -0.25) is 9.69 Å². The van der Waals surface area contributed by atoms with Gasteiger partial charge in [0.15, 0.2) is 0 Å². The molecule has 0 bridgehead atoms. The van der Waals surface area contributed by atoms with Crippen molar-refractivity contribution in [2.75, 3.05) is 13.6 Å². The molecule has 0 spiro atoms. The number of benzene rings is 1. The molecule has 1 aromatic carbocycles. The molecule has 0 radical (unpaired) electrons. The first-order valence-corrected chi connectivity index (χ1v) is 8.49. The van der Waals surface area contributed by atoms with Gasteiger partial charge in [-0.1, -0.05) is 23.7 Å². The number of amides is 1. The SMILES string of the molecule is Cc1ccc2cc(CN(C)CC(=O)NC(C)(C)C)c(Cl)nc2c1C. The Morgan fingerprint density at radius 1 is 1.29 bits per heavy atom. The van der Waals surface area contributed by atoms with Gasteiger partial charge in [0.1, 0.15) is 5.15 Å². The maximum absolute atomic E-state index is 12.0. The van der Waals surface area contributed by atoms with Gasteiger partial charge in [0.05, 0.1) is 12.1 Å². The van der Waals surface area contributed by atoms with Crippen molar-refractivity contribution in [3.8, 4) is 0 Å². The van der Waals surface area contributed by atoms with Crippen LogP contribution < -0.4 is 5.32 Å². The molecule has 4 nitrogen and oxygen atoms in total. The highest BCUT2D eigenvalue weighted by Crippen LogP contribution is 2.25. The third kappa shape index (κ3) is 4.68. The van der Waals surface area contributed by atoms with E-state index in [-0.39, 0.29) is 11.4 Å². The van der Waals surface area contributed by atoms with Crippen LogP contribution in [-0.2, 0) is 11.3 Å². The molecule has 24 heavy (non-hydrogen) atoms. The average molecular weight is 348 g/mol. The number of carbonyl (C=O) groups is 1. The molecule has 0 saturated carbocycles. The average Bonchev–Trinajstić information content (AvgIpc) is 2.42. The van der Waals surface area contributed by atoms with E-state index < -0.39 is 0 Å². The van der Waals surface area contributed by atoms with E-state index in [1.165, 1.54) is 5.56 Å². The van der Waals surface area contributed by atoms with E-state index in [1.54, 1.807) is 0 Å². The van der Waals surface area contributed by atoms with Crippen LogP contribution in [0.2, 0.25) is 5.15 Å². The lowest BCUT2D eigenvalue weighted by Crippen LogP contribution is -2.45. The fourth-order valence-electron chi connectivity index (χ4n) is 2.66. The zero-order chi connectivity index (χ0) is 18.1. The summed E-state index contributed by atoms with van der Waals surface area (Å²) in [7, 11) is 1.91. The highest BCUT2D eigenvalue weighted by Gasteiger charge is 2.16. The summed E-state index contributed by atoms with van der Waals surface area (Å²) in [5, 5.41) is 4.54. The molecule has 5 heteroatoms. The third-order valence-electron chi connectivity index (χ3n) is 3.91. The number of nitrogens with one attached hydrogen (secondary N) is 1. The van der Waals surface area contributed by atoms with Crippen LogP contribution in [0.5, 0.6) is 0 Å². The Morgan fingerprint density at radius 2 is 1.96 bits per heavy atom. The molecule has 0 aliphatic carbocycles. The molecule has 0 fully saturated rings. The molecule has 130 valence electrons. The molecular weight excluding hydrogens is 322 g/mol. The standard InChI is InChI=1S/C19H26ClN3O/c1-12-7-8-14-9-15(18(20)21-17(14)13(12)2)10-23(6)11-16(24)22-19(3,4)5/h7-9H,10-11H2,1-6H3,(H,22,24). The number of halogens is 1. The van der Waals surface area contributed by atoms with Crippen LogP contribution >= 0.6 is 11.6 Å². The number of pyridine rings is 1. The van der Waals surface area contributed by atoms with Crippen LogP contribution in [0.15, 0.2) is 18.2 Å². The lowest BCUT2D eigenvalue weighted by atomic mass is 10.0. The topological polar surface area (TPSA) is 45.2 Å². The summed E-state index contributed by atoms with van der Waals surface area (Å²) in [4.78, 5) is 18.5. The van der Waals surface area contributed by atoms with Crippen molar-refractivity contribution in [2.45, 2.75) is 46.7 Å². The number of hydrogen-bond donors (Lipinski definition) is 1. The molecule has 1 N–H and O–H groups in total. The van der Waals surface area contributed by atoms with Gasteiger partial charge in [0.25, 0.3) is 0 Å². The summed E-state index contributed by atoms with van der Waals surface area (Å²) in [6, 6.07) is 6.23. The molecule has 1 heterocycles. The minimum atomic E-state index is -0.227. The van der Waals surface area contributed by atoms with Gasteiger partial charge in [-0.05, 0) is 58.9 Å². The smallest absolute Gasteiger partial charge is 0.234 e. The molecule has 0 atom stereocenters. The van der Waals surface area contributed by atoms with E-state index >= 15 is 0 Å². The first-order valence-electron chi connectivity index (χ1n) is 8.12. The molecule has 0 aliphatic rings. The molecule has 1 aromatic heterocycles. The zero-order valence-corrected chi connectivity index (χ0v) is 16.1. The fraction of sp³-hybridized carbons (Fsp3) is 0.474. The predicted molar refractivity (Wildman–Crippen MR) is 100 cm³/mol. The van der Waals surface area contributed by atoms with Gasteiger partial charge >= 0.3 is 0 Å². The molecular formula is C19H26ClN3O. The van der Waals surface area contributed by atoms with Crippen molar-refractivity contribution in [2.24, 2.45) is 0 Å². The van der Waals surface area contributed by atoms with E-state index in [0.717, 1.165) is 22.0 Å². The molecule has 0 saturated heterocycles. The van der Waals surface area contributed by atoms with E-state index in [9.17, 15) is 4.79 Å². The summed E-state index contributed by atoms with van der Waals surface area (Å²) in [6.45, 7) is 10.9. The van der Waals surface area contributed by atoms with Crippen LogP contribution in [0.25, 0.3) is 10.9 Å². The van der Waals surface area contributed by atoms with Crippen LogP contribution in [-0.4, -0.2) is 34.9 Å². The Kier molecular flexibility index (Phi) is 5.51. The summed E-state index contributed by atoms with van der Waals surface area (Å²) in [6.07, 6.45) is 0. The monoisotopic (exact) mass is 347 g/mol. The number of rotatable bonds is 4. The van der Waals surface area contributed by atoms with Crippen molar-refractivity contribution in [1.82, 2.24) is 15.2 Å². The molecule has 0 unspecified atom stereocenters. The van der Waals surface area contributed by atoms with E-state index in [0.29, 0.717) is 18.2 Å². The minimum Gasteiger partial charge on any atom is -0.350 e. The number of fused-ring (bicyclic) bond motifs is 1. The number of nitrogens with zero attached hydrogens (tertiary/aromatic N) is 2.